The van der Waals surface area contributed by atoms with E-state index in [9.17, 15) is 18.0 Å². The number of hydrogen-bond acceptors (Lipinski definition) is 8. The van der Waals surface area contributed by atoms with Gasteiger partial charge in [0.2, 0.25) is 0 Å². The van der Waals surface area contributed by atoms with E-state index in [1.807, 2.05) is 6.07 Å². The van der Waals surface area contributed by atoms with E-state index in [-0.39, 0.29) is 17.8 Å². The van der Waals surface area contributed by atoms with Crippen molar-refractivity contribution in [2.75, 3.05) is 6.54 Å². The van der Waals surface area contributed by atoms with Gasteiger partial charge >= 0.3 is 6.18 Å². The number of fused-ring (bicyclic) bond motifs is 1. The van der Waals surface area contributed by atoms with Crippen LogP contribution in [0.15, 0.2) is 59.4 Å². The van der Waals surface area contributed by atoms with Crippen LogP contribution in [0.25, 0.3) is 22.2 Å². The second-order valence-corrected chi connectivity index (χ2v) is 9.99. The van der Waals surface area contributed by atoms with Gasteiger partial charge in [-0.15, -0.1) is 10.6 Å². The molecule has 1 aliphatic heterocycles. The van der Waals surface area contributed by atoms with E-state index in [1.54, 1.807) is 23.7 Å². The van der Waals surface area contributed by atoms with E-state index in [2.05, 4.69) is 42.5 Å². The molecule has 4 aromatic rings. The molecule has 1 aliphatic carbocycles. The first-order valence-corrected chi connectivity index (χ1v) is 13.1. The van der Waals surface area contributed by atoms with Gasteiger partial charge in [-0.05, 0) is 61.8 Å². The summed E-state index contributed by atoms with van der Waals surface area (Å²) in [5, 5.41) is 14.3. The molecule has 208 valence electrons. The number of rotatable bonds is 10. The summed E-state index contributed by atoms with van der Waals surface area (Å²) in [7, 11) is 0. The molecule has 40 heavy (non-hydrogen) atoms. The van der Waals surface area contributed by atoms with E-state index in [0.29, 0.717) is 12.5 Å². The minimum absolute atomic E-state index is 0.0776. The second kappa shape index (κ2) is 10.6. The molecule has 6 rings (SSSR count). The summed E-state index contributed by atoms with van der Waals surface area (Å²) >= 11 is 0. The zero-order valence-electron chi connectivity index (χ0n) is 21.4. The normalized spacial score (nSPS) is 15.4. The predicted molar refractivity (Wildman–Crippen MR) is 139 cm³/mol. The predicted octanol–water partition coefficient (Wildman–Crippen LogP) is 4.31. The largest absolute Gasteiger partial charge is 0.472 e. The third-order valence-corrected chi connectivity index (χ3v) is 6.95. The number of pyridine rings is 1. The number of amides is 1. The van der Waals surface area contributed by atoms with E-state index in [0.717, 1.165) is 59.4 Å². The van der Waals surface area contributed by atoms with Crippen molar-refractivity contribution in [1.29, 1.82) is 0 Å². The number of aromatic nitrogens is 4. The van der Waals surface area contributed by atoms with Gasteiger partial charge in [-0.3, -0.25) is 20.2 Å². The number of nitrogens with zero attached hydrogens (tertiary/aromatic N) is 4. The Kier molecular flexibility index (Phi) is 6.88. The molecular formula is C27H27F3N8O2. The number of halogens is 3. The lowest BCUT2D eigenvalue weighted by Gasteiger charge is -2.14. The molecular weight excluding hydrogens is 525 g/mol. The lowest BCUT2D eigenvalue weighted by molar-refractivity contribution is -0.137. The van der Waals surface area contributed by atoms with Crippen LogP contribution in [0.3, 0.4) is 0 Å². The van der Waals surface area contributed by atoms with Crippen molar-refractivity contribution in [2.45, 2.75) is 50.7 Å². The SMILES string of the molecule is O=C(NCc1cncc(C(F)(F)F)c1)C1=CN(CCCCc2cc3c(-c4ccoc4)c(C4CC4)[nH]c3nn2)NN1. The molecule has 0 radical (unpaired) electrons. The number of furan rings is 1. The average molecular weight is 553 g/mol. The number of nitrogens with one attached hydrogen (secondary N) is 4. The lowest BCUT2D eigenvalue weighted by atomic mass is 10.0. The van der Waals surface area contributed by atoms with Crippen molar-refractivity contribution in [3.8, 4) is 11.1 Å². The molecule has 13 heteroatoms. The van der Waals surface area contributed by atoms with Crippen LogP contribution in [-0.4, -0.2) is 37.6 Å². The molecule has 5 heterocycles. The quantitative estimate of drug-likeness (QED) is 0.215. The van der Waals surface area contributed by atoms with Crippen LogP contribution >= 0.6 is 0 Å². The maximum absolute atomic E-state index is 12.9. The number of carbonyl (C=O) groups is 1. The fourth-order valence-corrected chi connectivity index (χ4v) is 4.76. The average Bonchev–Trinajstić information content (AvgIpc) is 3.30. The Morgan fingerprint density at radius 2 is 2.05 bits per heavy atom. The highest BCUT2D eigenvalue weighted by Crippen LogP contribution is 2.46. The molecule has 4 N–H and O–H groups in total. The van der Waals surface area contributed by atoms with Gasteiger partial charge in [-0.25, -0.2) is 0 Å². The molecule has 2 aliphatic rings. The summed E-state index contributed by atoms with van der Waals surface area (Å²) < 4.78 is 43.9. The minimum atomic E-state index is -4.49. The monoisotopic (exact) mass is 552 g/mol. The third-order valence-electron chi connectivity index (χ3n) is 6.95. The Hall–Kier alpha value is -4.39. The van der Waals surface area contributed by atoms with Crippen molar-refractivity contribution in [3.05, 3.63) is 77.5 Å². The fourth-order valence-electron chi connectivity index (χ4n) is 4.76. The number of hydrazine groups is 2. The highest BCUT2D eigenvalue weighted by atomic mass is 19.4. The molecule has 0 aromatic carbocycles. The summed E-state index contributed by atoms with van der Waals surface area (Å²) in [5.74, 6) is 0.0863. The van der Waals surface area contributed by atoms with Crippen molar-refractivity contribution >= 4 is 16.9 Å². The first kappa shape index (κ1) is 25.9. The molecule has 0 unspecified atom stereocenters. The van der Waals surface area contributed by atoms with E-state index in [4.69, 9.17) is 4.42 Å². The topological polar surface area (TPSA) is 124 Å². The Bertz CT molecular complexity index is 1540. The summed E-state index contributed by atoms with van der Waals surface area (Å²) in [6, 6.07) is 5.04. The van der Waals surface area contributed by atoms with Crippen LogP contribution in [0.5, 0.6) is 0 Å². The zero-order valence-corrected chi connectivity index (χ0v) is 21.4. The van der Waals surface area contributed by atoms with Gasteiger partial charge in [0.25, 0.3) is 5.91 Å². The van der Waals surface area contributed by atoms with Crippen LogP contribution in [0.2, 0.25) is 0 Å². The van der Waals surface area contributed by atoms with Gasteiger partial charge in [0.1, 0.15) is 5.70 Å². The standard InChI is InChI=1S/C27H27F3N8O2/c28-27(29,30)19-9-16(11-31-13-19)12-32-26(39)22-14-38(37-35-22)7-2-1-3-20-10-21-23(18-6-8-40-15-18)24(17-4-5-17)33-25(21)36-34-20/h6,8-11,13-15,17,35,37H,1-5,7,12H2,(H,32,39)(H,33,36). The molecule has 4 aromatic heterocycles. The smallest absolute Gasteiger partial charge is 0.417 e. The van der Waals surface area contributed by atoms with Crippen molar-refractivity contribution in [1.82, 2.24) is 41.5 Å². The minimum Gasteiger partial charge on any atom is -0.472 e. The lowest BCUT2D eigenvalue weighted by Crippen LogP contribution is -2.39. The first-order valence-electron chi connectivity index (χ1n) is 13.1. The van der Waals surface area contributed by atoms with Gasteiger partial charge in [-0.2, -0.15) is 18.3 Å². The Morgan fingerprint density at radius 1 is 1.18 bits per heavy atom. The van der Waals surface area contributed by atoms with Crippen LogP contribution in [-0.2, 0) is 23.9 Å². The number of hydrogen-bond donors (Lipinski definition) is 4. The summed E-state index contributed by atoms with van der Waals surface area (Å²) in [6.45, 7) is 0.555. The van der Waals surface area contributed by atoms with E-state index in [1.165, 1.54) is 24.7 Å². The number of aromatic amines is 1. The molecule has 0 saturated heterocycles. The number of aryl methyl sites for hydroxylation is 1. The number of alkyl halides is 3. The molecule has 0 spiro atoms. The molecule has 1 fully saturated rings. The van der Waals surface area contributed by atoms with Crippen molar-refractivity contribution in [3.63, 3.8) is 0 Å². The van der Waals surface area contributed by atoms with Gasteiger partial charge in [0.15, 0.2) is 5.65 Å². The van der Waals surface area contributed by atoms with Gasteiger partial charge in [0.05, 0.1) is 23.8 Å². The van der Waals surface area contributed by atoms with Gasteiger partial charge in [-0.1, -0.05) is 0 Å². The van der Waals surface area contributed by atoms with E-state index >= 15 is 0 Å². The van der Waals surface area contributed by atoms with Crippen LogP contribution in [0.4, 0.5) is 13.2 Å². The summed E-state index contributed by atoms with van der Waals surface area (Å²) in [4.78, 5) is 19.5. The zero-order chi connectivity index (χ0) is 27.7. The molecule has 1 amide bonds. The van der Waals surface area contributed by atoms with Crippen LogP contribution in [0, 0.1) is 0 Å². The summed E-state index contributed by atoms with van der Waals surface area (Å²) in [5.41, 5.74) is 10.4. The number of H-pyrrole nitrogens is 1. The van der Waals surface area contributed by atoms with Crippen LogP contribution in [0.1, 0.15) is 54.1 Å². The highest BCUT2D eigenvalue weighted by molar-refractivity contribution is 5.96. The molecule has 1 saturated carbocycles. The molecule has 0 bridgehead atoms. The van der Waals surface area contributed by atoms with Gasteiger partial charge in [0, 0.05) is 53.9 Å². The first-order chi connectivity index (χ1) is 19.3. The number of unbranched alkanes of at least 4 members (excludes halogenated alkanes) is 1. The van der Waals surface area contributed by atoms with Gasteiger partial charge < -0.3 is 14.7 Å². The van der Waals surface area contributed by atoms with Crippen molar-refractivity contribution < 1.29 is 22.4 Å². The highest BCUT2D eigenvalue weighted by Gasteiger charge is 2.31. The second-order valence-electron chi connectivity index (χ2n) is 9.99. The third kappa shape index (κ3) is 5.64. The summed E-state index contributed by atoms with van der Waals surface area (Å²) in [6.07, 6.45) is 7.39. The maximum Gasteiger partial charge on any atom is 0.417 e. The molecule has 0 atom stereocenters. The van der Waals surface area contributed by atoms with Crippen molar-refractivity contribution in [2.24, 2.45) is 0 Å². The fraction of sp³-hybridized carbons (Fsp3) is 0.333. The Balaban J connectivity index is 1.01. The maximum atomic E-state index is 12.9. The Labute approximate surface area is 227 Å². The number of carbonyl (C=O) groups excluding carboxylic acids is 1. The van der Waals surface area contributed by atoms with Crippen LogP contribution < -0.4 is 16.3 Å². The molecule has 10 nitrogen and oxygen atoms in total. The van der Waals surface area contributed by atoms with E-state index < -0.39 is 17.6 Å². The Morgan fingerprint density at radius 3 is 2.83 bits per heavy atom.